The molecule has 1 fully saturated rings. The van der Waals surface area contributed by atoms with Gasteiger partial charge in [-0.2, -0.15) is 0 Å². The number of thiocarbonyl (C=S) groups is 1. The van der Waals surface area contributed by atoms with Crippen LogP contribution < -0.4 is 20.1 Å². The molecule has 0 unspecified atom stereocenters. The predicted molar refractivity (Wildman–Crippen MR) is 127 cm³/mol. The van der Waals surface area contributed by atoms with Crippen molar-refractivity contribution >= 4 is 29.0 Å². The number of nitrogens with one attached hydrogen (secondary N) is 2. The molecule has 0 bridgehead atoms. The van der Waals surface area contributed by atoms with Crippen LogP contribution in [0.3, 0.4) is 0 Å². The second-order valence-corrected chi connectivity index (χ2v) is 8.25. The number of methoxy groups -OCH3 is 1. The molecule has 4 rings (SSSR count). The quantitative estimate of drug-likeness (QED) is 0.473. The van der Waals surface area contributed by atoms with Gasteiger partial charge in [0.05, 0.1) is 37.1 Å². The highest BCUT2D eigenvalue weighted by Crippen LogP contribution is 2.37. The molecule has 7 heteroatoms. The van der Waals surface area contributed by atoms with Gasteiger partial charge in [-0.1, -0.05) is 36.4 Å². The van der Waals surface area contributed by atoms with Gasteiger partial charge < -0.3 is 24.8 Å². The van der Waals surface area contributed by atoms with Gasteiger partial charge in [-0.3, -0.25) is 0 Å². The molecule has 168 valence electrons. The van der Waals surface area contributed by atoms with Crippen LogP contribution in [0.15, 0.2) is 54.1 Å². The van der Waals surface area contributed by atoms with E-state index in [1.807, 2.05) is 48.5 Å². The first-order valence-electron chi connectivity index (χ1n) is 11.0. The zero-order chi connectivity index (χ0) is 22.5. The molecule has 2 aromatic rings. The van der Waals surface area contributed by atoms with Crippen molar-refractivity contribution in [3.63, 3.8) is 0 Å². The molecule has 0 spiro atoms. The Bertz CT molecular complexity index is 1020. The molecule has 0 amide bonds. The molecule has 32 heavy (non-hydrogen) atoms. The third-order valence-corrected chi connectivity index (χ3v) is 5.97. The van der Waals surface area contributed by atoms with Gasteiger partial charge in [0.15, 0.2) is 16.6 Å². The Morgan fingerprint density at radius 3 is 2.53 bits per heavy atom. The highest BCUT2D eigenvalue weighted by Gasteiger charge is 2.33. The van der Waals surface area contributed by atoms with Gasteiger partial charge in [0.1, 0.15) is 0 Å². The maximum atomic E-state index is 13.1. The Morgan fingerprint density at radius 1 is 1.09 bits per heavy atom. The van der Waals surface area contributed by atoms with Crippen LogP contribution in [0.2, 0.25) is 0 Å². The third-order valence-electron chi connectivity index (χ3n) is 5.75. The molecule has 2 N–H and O–H groups in total. The number of carbonyl (C=O) groups is 1. The van der Waals surface area contributed by atoms with Crippen molar-refractivity contribution < 1.29 is 19.0 Å². The van der Waals surface area contributed by atoms with Gasteiger partial charge in [0.2, 0.25) is 0 Å². The number of rotatable bonds is 7. The number of hydrogen-bond donors (Lipinski definition) is 2. The lowest BCUT2D eigenvalue weighted by molar-refractivity contribution is -0.138. The number of benzene rings is 2. The molecular formula is C25H28N2O4S. The highest BCUT2D eigenvalue weighted by molar-refractivity contribution is 7.80. The van der Waals surface area contributed by atoms with E-state index in [1.165, 1.54) is 12.8 Å². The van der Waals surface area contributed by atoms with Crippen LogP contribution in [-0.2, 0) is 9.53 Å². The Balaban J connectivity index is 1.75. The molecule has 2 aliphatic rings. The molecule has 6 nitrogen and oxygen atoms in total. The van der Waals surface area contributed by atoms with Crippen molar-refractivity contribution in [1.29, 1.82) is 0 Å². The summed E-state index contributed by atoms with van der Waals surface area (Å²) < 4.78 is 17.2. The Hall–Kier alpha value is -3.06. The minimum absolute atomic E-state index is 0.221. The zero-order valence-corrected chi connectivity index (χ0v) is 19.2. The Labute approximate surface area is 193 Å². The average molecular weight is 453 g/mol. The van der Waals surface area contributed by atoms with E-state index in [4.69, 9.17) is 26.4 Å². The van der Waals surface area contributed by atoms with E-state index in [2.05, 4.69) is 10.6 Å². The summed E-state index contributed by atoms with van der Waals surface area (Å²) >= 11 is 5.48. The van der Waals surface area contributed by atoms with Crippen LogP contribution in [0, 0.1) is 0 Å². The fraction of sp³-hybridized carbons (Fsp3) is 0.360. The van der Waals surface area contributed by atoms with Crippen molar-refractivity contribution in [3.05, 3.63) is 65.2 Å². The van der Waals surface area contributed by atoms with Crippen molar-refractivity contribution in [2.24, 2.45) is 0 Å². The molecule has 1 aliphatic heterocycles. The maximum absolute atomic E-state index is 13.1. The first kappa shape index (κ1) is 22.1. The first-order valence-corrected chi connectivity index (χ1v) is 11.4. The molecule has 0 saturated heterocycles. The molecule has 1 heterocycles. The van der Waals surface area contributed by atoms with Gasteiger partial charge >= 0.3 is 5.97 Å². The summed E-state index contributed by atoms with van der Waals surface area (Å²) in [5.41, 5.74) is 2.81. The van der Waals surface area contributed by atoms with Crippen LogP contribution in [0.25, 0.3) is 5.70 Å². The van der Waals surface area contributed by atoms with Gasteiger partial charge in [-0.25, -0.2) is 4.79 Å². The largest absolute Gasteiger partial charge is 0.493 e. The van der Waals surface area contributed by atoms with Crippen molar-refractivity contribution in [2.45, 2.75) is 44.8 Å². The summed E-state index contributed by atoms with van der Waals surface area (Å²) in [6.45, 7) is 2.07. The van der Waals surface area contributed by atoms with E-state index in [1.54, 1.807) is 14.0 Å². The summed E-state index contributed by atoms with van der Waals surface area (Å²) in [6.07, 6.45) is 4.73. The van der Waals surface area contributed by atoms with Gasteiger partial charge in [-0.05, 0) is 68.1 Å². The average Bonchev–Trinajstić information content (AvgIpc) is 3.32. The molecule has 1 saturated carbocycles. The van der Waals surface area contributed by atoms with E-state index in [0.29, 0.717) is 27.9 Å². The van der Waals surface area contributed by atoms with Crippen LogP contribution in [0.4, 0.5) is 0 Å². The molecule has 1 aliphatic carbocycles. The predicted octanol–water partition coefficient (Wildman–Crippen LogP) is 4.51. The fourth-order valence-corrected chi connectivity index (χ4v) is 4.44. The van der Waals surface area contributed by atoms with E-state index in [9.17, 15) is 4.79 Å². The number of ether oxygens (including phenoxy) is 3. The molecule has 1 atom stereocenters. The number of esters is 1. The van der Waals surface area contributed by atoms with Crippen LogP contribution in [0.1, 0.15) is 49.8 Å². The minimum Gasteiger partial charge on any atom is -0.493 e. The summed E-state index contributed by atoms with van der Waals surface area (Å²) in [5, 5.41) is 6.82. The monoisotopic (exact) mass is 452 g/mol. The van der Waals surface area contributed by atoms with Crippen LogP contribution >= 0.6 is 12.2 Å². The molecular weight excluding hydrogens is 424 g/mol. The molecule has 2 aromatic carbocycles. The van der Waals surface area contributed by atoms with Crippen LogP contribution in [0.5, 0.6) is 11.5 Å². The van der Waals surface area contributed by atoms with E-state index >= 15 is 0 Å². The highest BCUT2D eigenvalue weighted by atomic mass is 32.1. The van der Waals surface area contributed by atoms with E-state index in [-0.39, 0.29) is 12.7 Å². The van der Waals surface area contributed by atoms with Gasteiger partial charge in [-0.15, -0.1) is 0 Å². The Kier molecular flexibility index (Phi) is 6.95. The molecule has 0 radical (unpaired) electrons. The second-order valence-electron chi connectivity index (χ2n) is 7.84. The maximum Gasteiger partial charge on any atom is 0.338 e. The summed E-state index contributed by atoms with van der Waals surface area (Å²) in [4.78, 5) is 13.1. The third kappa shape index (κ3) is 4.72. The fourth-order valence-electron chi connectivity index (χ4n) is 4.22. The minimum atomic E-state index is -0.493. The number of hydrogen-bond acceptors (Lipinski definition) is 5. The summed E-state index contributed by atoms with van der Waals surface area (Å²) in [6, 6.07) is 14.9. The lowest BCUT2D eigenvalue weighted by Gasteiger charge is -2.31. The summed E-state index contributed by atoms with van der Waals surface area (Å²) in [5.74, 6) is 0.943. The lowest BCUT2D eigenvalue weighted by atomic mass is 9.92. The lowest BCUT2D eigenvalue weighted by Crippen LogP contribution is -2.45. The van der Waals surface area contributed by atoms with Crippen molar-refractivity contribution in [2.75, 3.05) is 13.7 Å². The van der Waals surface area contributed by atoms with E-state index in [0.717, 1.165) is 24.0 Å². The summed E-state index contributed by atoms with van der Waals surface area (Å²) in [7, 11) is 1.62. The van der Waals surface area contributed by atoms with Crippen LogP contribution in [-0.4, -0.2) is 30.9 Å². The first-order chi connectivity index (χ1) is 15.6. The van der Waals surface area contributed by atoms with Gasteiger partial charge in [0, 0.05) is 0 Å². The second kappa shape index (κ2) is 10.0. The standard InChI is InChI=1S/C25H28N2O4S/c1-3-30-24(28)21-22(16-9-5-4-6-10-16)26-25(32)27-23(21)17-13-14-19(20(15-17)29-2)31-18-11-7-8-12-18/h4-6,9-10,13-15,18,23H,3,7-8,11-12H2,1-2H3,(H2,26,27,32)/t23-/m0/s1. The van der Waals surface area contributed by atoms with Crippen molar-refractivity contribution in [1.82, 2.24) is 10.6 Å². The normalized spacial score (nSPS) is 18.7. The topological polar surface area (TPSA) is 68.8 Å². The number of carbonyl (C=O) groups excluding carboxylic acids is 1. The SMILES string of the molecule is CCOC(=O)C1=C(c2ccccc2)NC(=S)N[C@H]1c1ccc(OC2CCCC2)c(OC)c1. The Morgan fingerprint density at radius 2 is 1.84 bits per heavy atom. The smallest absolute Gasteiger partial charge is 0.338 e. The zero-order valence-electron chi connectivity index (χ0n) is 18.4. The van der Waals surface area contributed by atoms with Gasteiger partial charge in [0.25, 0.3) is 0 Å². The molecule has 0 aromatic heterocycles. The van der Waals surface area contributed by atoms with Crippen molar-refractivity contribution in [3.8, 4) is 11.5 Å². The van der Waals surface area contributed by atoms with E-state index < -0.39 is 12.0 Å².